The maximum absolute atomic E-state index is 11.1. The molecule has 7 heteroatoms. The lowest BCUT2D eigenvalue weighted by Gasteiger charge is -2.05. The number of rotatable bonds is 5. The Bertz CT molecular complexity index is 597. The predicted molar refractivity (Wildman–Crippen MR) is 70.3 cm³/mol. The number of aromatic carboxylic acids is 1. The number of carbonyl (C=O) groups is 1. The highest BCUT2D eigenvalue weighted by Crippen LogP contribution is 2.25. The summed E-state index contributed by atoms with van der Waals surface area (Å²) in [5.74, 6) is -0.945. The molecule has 1 N–H and O–H groups in total. The SMILES string of the molecule is CCCc1cc(C(=O)O)cc(Sc2nncn2C)n1. The molecule has 0 fully saturated rings. The molecular weight excluding hydrogens is 264 g/mol. The van der Waals surface area contributed by atoms with E-state index in [0.717, 1.165) is 18.5 Å². The van der Waals surface area contributed by atoms with Crippen LogP contribution in [-0.4, -0.2) is 30.8 Å². The number of aromatic nitrogens is 4. The Morgan fingerprint density at radius 1 is 1.47 bits per heavy atom. The lowest BCUT2D eigenvalue weighted by Crippen LogP contribution is -2.01. The van der Waals surface area contributed by atoms with E-state index < -0.39 is 5.97 Å². The first kappa shape index (κ1) is 13.5. The number of aryl methyl sites for hydroxylation is 2. The fourth-order valence-electron chi connectivity index (χ4n) is 1.58. The summed E-state index contributed by atoms with van der Waals surface area (Å²) >= 11 is 1.31. The lowest BCUT2D eigenvalue weighted by molar-refractivity contribution is 0.0696. The first-order valence-corrected chi connectivity index (χ1v) is 6.68. The van der Waals surface area contributed by atoms with Gasteiger partial charge in [0.15, 0.2) is 5.16 Å². The normalized spacial score (nSPS) is 10.6. The van der Waals surface area contributed by atoms with Crippen LogP contribution in [0.2, 0.25) is 0 Å². The smallest absolute Gasteiger partial charge is 0.335 e. The van der Waals surface area contributed by atoms with Gasteiger partial charge in [-0.3, -0.25) is 0 Å². The van der Waals surface area contributed by atoms with Gasteiger partial charge in [-0.05, 0) is 30.3 Å². The summed E-state index contributed by atoms with van der Waals surface area (Å²) in [4.78, 5) is 15.5. The number of hydrogen-bond acceptors (Lipinski definition) is 5. The maximum Gasteiger partial charge on any atom is 0.335 e. The third-order valence-electron chi connectivity index (χ3n) is 2.47. The number of carboxylic acids is 1. The molecule has 0 aliphatic heterocycles. The van der Waals surface area contributed by atoms with Gasteiger partial charge < -0.3 is 9.67 Å². The Hall–Kier alpha value is -1.89. The second-order valence-corrected chi connectivity index (χ2v) is 5.05. The molecule has 0 bridgehead atoms. The van der Waals surface area contributed by atoms with Crippen LogP contribution in [0.15, 0.2) is 28.6 Å². The lowest BCUT2D eigenvalue weighted by atomic mass is 10.2. The van der Waals surface area contributed by atoms with Crippen LogP contribution >= 0.6 is 11.8 Å². The fourth-order valence-corrected chi connectivity index (χ4v) is 2.39. The molecule has 0 saturated carbocycles. The van der Waals surface area contributed by atoms with E-state index in [0.29, 0.717) is 10.2 Å². The van der Waals surface area contributed by atoms with E-state index >= 15 is 0 Å². The van der Waals surface area contributed by atoms with Crippen molar-refractivity contribution in [3.63, 3.8) is 0 Å². The molecule has 2 aromatic rings. The van der Waals surface area contributed by atoms with Gasteiger partial charge in [-0.1, -0.05) is 13.3 Å². The minimum Gasteiger partial charge on any atom is -0.478 e. The standard InChI is InChI=1S/C12H14N4O2S/c1-3-4-9-5-8(11(17)18)6-10(14-9)19-12-15-13-7-16(12)2/h5-7H,3-4H2,1-2H3,(H,17,18). The number of nitrogens with zero attached hydrogens (tertiary/aromatic N) is 4. The van der Waals surface area contributed by atoms with Crippen LogP contribution in [0.3, 0.4) is 0 Å². The second-order valence-electron chi connectivity index (χ2n) is 4.07. The molecule has 0 atom stereocenters. The molecule has 0 unspecified atom stereocenters. The Labute approximate surface area is 114 Å². The average molecular weight is 278 g/mol. The van der Waals surface area contributed by atoms with E-state index in [4.69, 9.17) is 5.11 Å². The quantitative estimate of drug-likeness (QED) is 0.901. The van der Waals surface area contributed by atoms with Crippen molar-refractivity contribution in [1.82, 2.24) is 19.7 Å². The predicted octanol–water partition coefficient (Wildman–Crippen LogP) is 2.01. The maximum atomic E-state index is 11.1. The Kier molecular flexibility index (Phi) is 4.16. The van der Waals surface area contributed by atoms with E-state index in [2.05, 4.69) is 15.2 Å². The van der Waals surface area contributed by atoms with Crippen LogP contribution in [-0.2, 0) is 13.5 Å². The van der Waals surface area contributed by atoms with Crippen molar-refractivity contribution >= 4 is 17.7 Å². The zero-order valence-electron chi connectivity index (χ0n) is 10.7. The molecule has 0 amide bonds. The van der Waals surface area contributed by atoms with Gasteiger partial charge in [0.1, 0.15) is 11.4 Å². The van der Waals surface area contributed by atoms with E-state index in [1.54, 1.807) is 23.0 Å². The summed E-state index contributed by atoms with van der Waals surface area (Å²) in [5.41, 5.74) is 1.04. The third kappa shape index (κ3) is 3.31. The van der Waals surface area contributed by atoms with Crippen LogP contribution in [0.1, 0.15) is 29.4 Å². The first-order valence-electron chi connectivity index (χ1n) is 5.86. The van der Waals surface area contributed by atoms with E-state index in [9.17, 15) is 4.79 Å². The third-order valence-corrected chi connectivity index (χ3v) is 3.44. The fraction of sp³-hybridized carbons (Fsp3) is 0.333. The van der Waals surface area contributed by atoms with Crippen LogP contribution in [0.4, 0.5) is 0 Å². The van der Waals surface area contributed by atoms with Crippen molar-refractivity contribution in [2.24, 2.45) is 7.05 Å². The number of carboxylic acid groups (broad SMARTS) is 1. The van der Waals surface area contributed by atoms with E-state index in [1.165, 1.54) is 11.8 Å². The zero-order valence-corrected chi connectivity index (χ0v) is 11.5. The molecule has 2 heterocycles. The minimum absolute atomic E-state index is 0.253. The van der Waals surface area contributed by atoms with Gasteiger partial charge in [0, 0.05) is 12.7 Å². The van der Waals surface area contributed by atoms with Gasteiger partial charge in [-0.2, -0.15) is 0 Å². The molecule has 100 valence electrons. The highest BCUT2D eigenvalue weighted by atomic mass is 32.2. The summed E-state index contributed by atoms with van der Waals surface area (Å²) < 4.78 is 1.76. The highest BCUT2D eigenvalue weighted by Gasteiger charge is 2.11. The van der Waals surface area contributed by atoms with Crippen LogP contribution in [0.5, 0.6) is 0 Å². The molecule has 0 aliphatic carbocycles. The Morgan fingerprint density at radius 2 is 2.26 bits per heavy atom. The zero-order chi connectivity index (χ0) is 13.8. The molecule has 2 rings (SSSR count). The van der Waals surface area contributed by atoms with E-state index in [1.807, 2.05) is 14.0 Å². The average Bonchev–Trinajstić information content (AvgIpc) is 2.75. The summed E-state index contributed by atoms with van der Waals surface area (Å²) in [5, 5.41) is 18.1. The minimum atomic E-state index is -0.945. The summed E-state index contributed by atoms with van der Waals surface area (Å²) in [6.07, 6.45) is 3.27. The topological polar surface area (TPSA) is 80.9 Å². The van der Waals surface area contributed by atoms with Gasteiger partial charge in [0.25, 0.3) is 0 Å². The van der Waals surface area contributed by atoms with Crippen molar-refractivity contribution in [3.05, 3.63) is 29.7 Å². The second kappa shape index (κ2) is 5.83. The molecule has 0 aliphatic rings. The van der Waals surface area contributed by atoms with Crippen molar-refractivity contribution in [1.29, 1.82) is 0 Å². The monoisotopic (exact) mass is 278 g/mol. The summed E-state index contributed by atoms with van der Waals surface area (Å²) in [6, 6.07) is 3.17. The van der Waals surface area contributed by atoms with Gasteiger partial charge in [0.05, 0.1) is 5.56 Å². The molecular formula is C12H14N4O2S. The molecule has 0 spiro atoms. The summed E-state index contributed by atoms with van der Waals surface area (Å²) in [6.45, 7) is 2.03. The molecule has 6 nitrogen and oxygen atoms in total. The van der Waals surface area contributed by atoms with Crippen molar-refractivity contribution in [3.8, 4) is 0 Å². The van der Waals surface area contributed by atoms with Crippen LogP contribution in [0, 0.1) is 0 Å². The molecule has 2 aromatic heterocycles. The Morgan fingerprint density at radius 3 is 2.84 bits per heavy atom. The van der Waals surface area contributed by atoms with Crippen LogP contribution in [0.25, 0.3) is 0 Å². The van der Waals surface area contributed by atoms with Gasteiger partial charge >= 0.3 is 5.97 Å². The Balaban J connectivity index is 2.33. The van der Waals surface area contributed by atoms with Crippen LogP contribution < -0.4 is 0 Å². The summed E-state index contributed by atoms with van der Waals surface area (Å²) in [7, 11) is 1.83. The molecule has 0 saturated heterocycles. The van der Waals surface area contributed by atoms with Gasteiger partial charge in [-0.15, -0.1) is 10.2 Å². The van der Waals surface area contributed by atoms with E-state index in [-0.39, 0.29) is 5.56 Å². The number of hydrogen-bond donors (Lipinski definition) is 1. The van der Waals surface area contributed by atoms with Gasteiger partial charge in [-0.25, -0.2) is 9.78 Å². The highest BCUT2D eigenvalue weighted by molar-refractivity contribution is 7.99. The first-order chi connectivity index (χ1) is 9.10. The molecule has 0 aromatic carbocycles. The largest absolute Gasteiger partial charge is 0.478 e. The van der Waals surface area contributed by atoms with Crippen molar-refractivity contribution in [2.75, 3.05) is 0 Å². The molecule has 19 heavy (non-hydrogen) atoms. The van der Waals surface area contributed by atoms with Crippen molar-refractivity contribution < 1.29 is 9.90 Å². The molecule has 0 radical (unpaired) electrons. The van der Waals surface area contributed by atoms with Crippen molar-refractivity contribution in [2.45, 2.75) is 29.9 Å². The van der Waals surface area contributed by atoms with Gasteiger partial charge in [0.2, 0.25) is 0 Å². The number of pyridine rings is 1.